The van der Waals surface area contributed by atoms with E-state index in [9.17, 15) is 14.0 Å². The first kappa shape index (κ1) is 22.0. The number of hydrogen-bond acceptors (Lipinski definition) is 8. The number of ether oxygens (including phenoxy) is 4. The lowest BCUT2D eigenvalue weighted by Crippen LogP contribution is -2.21. The minimum atomic E-state index is -0.765. The number of nitrogens with zero attached hydrogens (tertiary/aromatic N) is 1. The Morgan fingerprint density at radius 3 is 2.29 bits per heavy atom. The lowest BCUT2D eigenvalue weighted by molar-refractivity contribution is -0.119. The number of benzene rings is 2. The molecule has 3 aromatic rings. The maximum absolute atomic E-state index is 13.0. The highest BCUT2D eigenvalue weighted by Crippen LogP contribution is 2.35. The van der Waals surface area contributed by atoms with Crippen LogP contribution in [0.1, 0.15) is 10.4 Å². The predicted octanol–water partition coefficient (Wildman–Crippen LogP) is 3.77. The monoisotopic (exact) mass is 446 g/mol. The van der Waals surface area contributed by atoms with Gasteiger partial charge in [-0.1, -0.05) is 0 Å². The van der Waals surface area contributed by atoms with Crippen molar-refractivity contribution in [3.63, 3.8) is 0 Å². The fraction of sp³-hybridized carbons (Fsp3) is 0.190. The molecule has 0 atom stereocenters. The van der Waals surface area contributed by atoms with Gasteiger partial charge in [0.2, 0.25) is 0 Å². The Balaban J connectivity index is 1.62. The normalized spacial score (nSPS) is 10.3. The quantitative estimate of drug-likeness (QED) is 0.526. The Labute approximate surface area is 181 Å². The van der Waals surface area contributed by atoms with Gasteiger partial charge in [-0.3, -0.25) is 10.1 Å². The van der Waals surface area contributed by atoms with E-state index < -0.39 is 18.5 Å². The average molecular weight is 446 g/mol. The summed E-state index contributed by atoms with van der Waals surface area (Å²) >= 11 is 1.19. The van der Waals surface area contributed by atoms with E-state index in [1.165, 1.54) is 56.9 Å². The van der Waals surface area contributed by atoms with Crippen LogP contribution in [-0.4, -0.2) is 44.8 Å². The number of hydrogen-bond donors (Lipinski definition) is 1. The van der Waals surface area contributed by atoms with Gasteiger partial charge in [0.25, 0.3) is 5.91 Å². The summed E-state index contributed by atoms with van der Waals surface area (Å²) in [6.45, 7) is -0.526. The molecule has 0 fully saturated rings. The number of thiazole rings is 1. The number of nitrogens with one attached hydrogen (secondary N) is 1. The number of halogens is 1. The van der Waals surface area contributed by atoms with Gasteiger partial charge in [-0.2, -0.15) is 0 Å². The van der Waals surface area contributed by atoms with Gasteiger partial charge in [0, 0.05) is 23.1 Å². The molecule has 10 heteroatoms. The smallest absolute Gasteiger partial charge is 0.342 e. The molecule has 0 bridgehead atoms. The van der Waals surface area contributed by atoms with Crippen LogP contribution in [0.2, 0.25) is 0 Å². The Bertz CT molecular complexity index is 1080. The molecule has 0 spiro atoms. The molecule has 8 nitrogen and oxygen atoms in total. The Hall–Kier alpha value is -3.66. The van der Waals surface area contributed by atoms with E-state index in [1.807, 2.05) is 0 Å². The minimum Gasteiger partial charge on any atom is -0.496 e. The van der Waals surface area contributed by atoms with E-state index in [0.717, 1.165) is 0 Å². The van der Waals surface area contributed by atoms with E-state index in [4.69, 9.17) is 18.9 Å². The third-order valence-electron chi connectivity index (χ3n) is 4.15. The third-order valence-corrected chi connectivity index (χ3v) is 4.91. The summed E-state index contributed by atoms with van der Waals surface area (Å²) in [4.78, 5) is 28.9. The van der Waals surface area contributed by atoms with Crippen LogP contribution in [0.3, 0.4) is 0 Å². The molecule has 0 aliphatic heterocycles. The summed E-state index contributed by atoms with van der Waals surface area (Å²) in [7, 11) is 4.28. The predicted molar refractivity (Wildman–Crippen MR) is 113 cm³/mol. The van der Waals surface area contributed by atoms with Crippen LogP contribution in [0.5, 0.6) is 17.2 Å². The summed E-state index contributed by atoms with van der Waals surface area (Å²) in [6.07, 6.45) is 0. The first-order valence-electron chi connectivity index (χ1n) is 8.93. The molecular weight excluding hydrogens is 427 g/mol. The molecule has 1 heterocycles. The Kier molecular flexibility index (Phi) is 7.03. The molecular formula is C21H19FN2O6S. The second-order valence-electron chi connectivity index (χ2n) is 6.08. The Morgan fingerprint density at radius 1 is 1.00 bits per heavy atom. The van der Waals surface area contributed by atoms with Crippen molar-refractivity contribution in [2.75, 3.05) is 33.3 Å². The van der Waals surface area contributed by atoms with Crippen molar-refractivity contribution in [2.45, 2.75) is 0 Å². The van der Waals surface area contributed by atoms with Gasteiger partial charge in [-0.15, -0.1) is 11.3 Å². The number of methoxy groups -OCH3 is 3. The van der Waals surface area contributed by atoms with Gasteiger partial charge in [-0.05, 0) is 24.3 Å². The van der Waals surface area contributed by atoms with Crippen LogP contribution in [-0.2, 0) is 9.53 Å². The molecule has 2 aromatic carbocycles. The topological polar surface area (TPSA) is 96.0 Å². The van der Waals surface area contributed by atoms with Crippen molar-refractivity contribution in [1.29, 1.82) is 0 Å². The number of carbonyl (C=O) groups excluding carboxylic acids is 2. The molecule has 0 saturated heterocycles. The van der Waals surface area contributed by atoms with E-state index in [0.29, 0.717) is 27.9 Å². The standard InChI is InChI=1S/C21H19FN2O6S/c1-27-16-9-18(29-3)17(28-2)8-14(16)20(26)30-10-19(25)24-21-23-15(11-31-21)12-4-6-13(22)7-5-12/h4-9,11H,10H2,1-3H3,(H,23,24,25). The molecule has 162 valence electrons. The number of amides is 1. The van der Waals surface area contributed by atoms with Crippen LogP contribution in [0, 0.1) is 5.82 Å². The molecule has 1 N–H and O–H groups in total. The molecule has 0 aliphatic rings. The zero-order valence-electron chi connectivity index (χ0n) is 16.9. The van der Waals surface area contributed by atoms with Crippen molar-refractivity contribution >= 4 is 28.3 Å². The van der Waals surface area contributed by atoms with E-state index >= 15 is 0 Å². The lowest BCUT2D eigenvalue weighted by Gasteiger charge is -2.13. The summed E-state index contributed by atoms with van der Waals surface area (Å²) in [5.74, 6) is -0.760. The second-order valence-corrected chi connectivity index (χ2v) is 6.93. The van der Waals surface area contributed by atoms with Gasteiger partial charge in [0.1, 0.15) is 17.1 Å². The van der Waals surface area contributed by atoms with Crippen molar-refractivity contribution in [3.8, 4) is 28.5 Å². The second kappa shape index (κ2) is 9.90. The van der Waals surface area contributed by atoms with Crippen molar-refractivity contribution in [1.82, 2.24) is 4.98 Å². The zero-order chi connectivity index (χ0) is 22.4. The van der Waals surface area contributed by atoms with E-state index in [2.05, 4.69) is 10.3 Å². The number of carbonyl (C=O) groups is 2. The van der Waals surface area contributed by atoms with Crippen LogP contribution >= 0.6 is 11.3 Å². The maximum atomic E-state index is 13.0. The maximum Gasteiger partial charge on any atom is 0.342 e. The van der Waals surface area contributed by atoms with Gasteiger partial charge in [0.15, 0.2) is 23.2 Å². The number of aromatic nitrogens is 1. The highest BCUT2D eigenvalue weighted by atomic mass is 32.1. The Morgan fingerprint density at radius 2 is 1.65 bits per heavy atom. The fourth-order valence-electron chi connectivity index (χ4n) is 2.64. The number of esters is 1. The summed E-state index contributed by atoms with van der Waals surface area (Å²) in [6, 6.07) is 8.74. The van der Waals surface area contributed by atoms with Crippen molar-refractivity contribution in [2.24, 2.45) is 0 Å². The minimum absolute atomic E-state index is 0.0841. The van der Waals surface area contributed by atoms with Crippen LogP contribution in [0.25, 0.3) is 11.3 Å². The van der Waals surface area contributed by atoms with Gasteiger partial charge in [0.05, 0.1) is 27.0 Å². The number of rotatable bonds is 8. The lowest BCUT2D eigenvalue weighted by atomic mass is 10.1. The first-order valence-corrected chi connectivity index (χ1v) is 9.81. The van der Waals surface area contributed by atoms with Gasteiger partial charge < -0.3 is 18.9 Å². The van der Waals surface area contributed by atoms with E-state index in [-0.39, 0.29) is 17.1 Å². The van der Waals surface area contributed by atoms with Crippen molar-refractivity contribution < 1.29 is 32.9 Å². The zero-order valence-corrected chi connectivity index (χ0v) is 17.7. The van der Waals surface area contributed by atoms with Gasteiger partial charge in [-0.25, -0.2) is 14.2 Å². The fourth-order valence-corrected chi connectivity index (χ4v) is 3.37. The highest BCUT2D eigenvalue weighted by molar-refractivity contribution is 7.14. The largest absolute Gasteiger partial charge is 0.496 e. The van der Waals surface area contributed by atoms with Crippen LogP contribution < -0.4 is 19.5 Å². The van der Waals surface area contributed by atoms with Crippen LogP contribution in [0.15, 0.2) is 41.8 Å². The molecule has 3 rings (SSSR count). The molecule has 1 aromatic heterocycles. The van der Waals surface area contributed by atoms with Crippen LogP contribution in [0.4, 0.5) is 9.52 Å². The number of anilines is 1. The molecule has 0 aliphatic carbocycles. The highest BCUT2D eigenvalue weighted by Gasteiger charge is 2.20. The summed E-state index contributed by atoms with van der Waals surface area (Å²) < 4.78 is 33.7. The summed E-state index contributed by atoms with van der Waals surface area (Å²) in [5.41, 5.74) is 1.39. The van der Waals surface area contributed by atoms with Crippen molar-refractivity contribution in [3.05, 3.63) is 53.2 Å². The SMILES string of the molecule is COc1cc(OC)c(C(=O)OCC(=O)Nc2nc(-c3ccc(F)cc3)cs2)cc1OC. The average Bonchev–Trinajstić information content (AvgIpc) is 3.25. The third kappa shape index (κ3) is 5.28. The first-order chi connectivity index (χ1) is 14.9. The molecule has 31 heavy (non-hydrogen) atoms. The molecule has 0 saturated carbocycles. The van der Waals surface area contributed by atoms with E-state index in [1.54, 1.807) is 17.5 Å². The molecule has 0 unspecified atom stereocenters. The summed E-state index contributed by atoms with van der Waals surface area (Å²) in [5, 5.41) is 4.61. The molecule has 1 amide bonds. The van der Waals surface area contributed by atoms with Gasteiger partial charge >= 0.3 is 5.97 Å². The molecule has 0 radical (unpaired) electrons.